The van der Waals surface area contributed by atoms with Crippen LogP contribution in [0.1, 0.15) is 50.2 Å². The summed E-state index contributed by atoms with van der Waals surface area (Å²) < 4.78 is 1.31. The quantitative estimate of drug-likeness (QED) is 0.896. The summed E-state index contributed by atoms with van der Waals surface area (Å²) in [6, 6.07) is 7.35. The Bertz CT molecular complexity index is 610. The molecule has 3 nitrogen and oxygen atoms in total. The molecule has 4 heteroatoms. The molecule has 2 aromatic rings. The van der Waals surface area contributed by atoms with Gasteiger partial charge in [-0.15, -0.1) is 11.3 Å². The van der Waals surface area contributed by atoms with Gasteiger partial charge in [0.1, 0.15) is 5.01 Å². The summed E-state index contributed by atoms with van der Waals surface area (Å²) in [6.45, 7) is 11.0. The van der Waals surface area contributed by atoms with E-state index in [9.17, 15) is 0 Å². The van der Waals surface area contributed by atoms with Crippen LogP contribution in [0.3, 0.4) is 0 Å². The Hall–Kier alpha value is -0.970. The zero-order valence-corrected chi connectivity index (χ0v) is 14.7. The Labute approximate surface area is 137 Å². The topological polar surface area (TPSA) is 28.2 Å². The summed E-state index contributed by atoms with van der Waals surface area (Å²) in [6.07, 6.45) is 2.56. The molecule has 22 heavy (non-hydrogen) atoms. The molecule has 1 aliphatic heterocycles. The van der Waals surface area contributed by atoms with E-state index in [-0.39, 0.29) is 0 Å². The molecule has 1 saturated heterocycles. The highest BCUT2D eigenvalue weighted by molar-refractivity contribution is 7.18. The fourth-order valence-corrected chi connectivity index (χ4v) is 4.19. The minimum atomic E-state index is 0.508. The average molecular weight is 318 g/mol. The van der Waals surface area contributed by atoms with E-state index in [2.05, 4.69) is 49.2 Å². The first-order chi connectivity index (χ1) is 10.7. The summed E-state index contributed by atoms with van der Waals surface area (Å²) in [4.78, 5) is 7.29. The smallest absolute Gasteiger partial charge is 0.108 e. The van der Waals surface area contributed by atoms with Crippen molar-refractivity contribution in [2.24, 2.45) is 5.92 Å². The van der Waals surface area contributed by atoms with Crippen LogP contribution in [0.5, 0.6) is 0 Å². The summed E-state index contributed by atoms with van der Waals surface area (Å²) in [5.74, 6) is 0.805. The van der Waals surface area contributed by atoms with Crippen molar-refractivity contribution in [2.75, 3.05) is 19.6 Å². The number of hydrogen-bond donors (Lipinski definition) is 1. The average Bonchev–Trinajstić information content (AvgIpc) is 2.94. The SMILES string of the molecule is CCN(CC)Cc1nc2cc([C@H]3CC[C@H](C)CN3)ccc2s1. The molecule has 1 aromatic carbocycles. The fourth-order valence-electron chi connectivity index (χ4n) is 3.20. The number of fused-ring (bicyclic) bond motifs is 1. The number of benzene rings is 1. The van der Waals surface area contributed by atoms with E-state index in [1.54, 1.807) is 0 Å². The van der Waals surface area contributed by atoms with E-state index < -0.39 is 0 Å². The second kappa shape index (κ2) is 7.07. The molecular weight excluding hydrogens is 290 g/mol. The summed E-state index contributed by atoms with van der Waals surface area (Å²) in [7, 11) is 0. The first-order valence-electron chi connectivity index (χ1n) is 8.54. The van der Waals surface area contributed by atoms with Gasteiger partial charge < -0.3 is 5.32 Å². The minimum Gasteiger partial charge on any atom is -0.310 e. The van der Waals surface area contributed by atoms with Gasteiger partial charge in [0.25, 0.3) is 0 Å². The highest BCUT2D eigenvalue weighted by Gasteiger charge is 2.19. The Kier molecular flexibility index (Phi) is 5.11. The molecule has 0 amide bonds. The molecule has 1 fully saturated rings. The summed E-state index contributed by atoms with van der Waals surface area (Å²) >= 11 is 1.84. The number of thiazole rings is 1. The molecule has 2 atom stereocenters. The van der Waals surface area contributed by atoms with Crippen molar-refractivity contribution >= 4 is 21.6 Å². The van der Waals surface area contributed by atoms with Crippen LogP contribution in [0.25, 0.3) is 10.2 Å². The standard InChI is InChI=1S/C18H27N3S/c1-4-21(5-2)12-18-20-16-10-14(7-9-17(16)22-18)15-8-6-13(3)11-19-15/h7,9-10,13,15,19H,4-6,8,11-12H2,1-3H3/t13-,15+/m0/s1. The third-order valence-corrected chi connectivity index (χ3v) is 5.79. The lowest BCUT2D eigenvalue weighted by Gasteiger charge is -2.28. The van der Waals surface area contributed by atoms with Gasteiger partial charge in [-0.1, -0.05) is 26.8 Å². The van der Waals surface area contributed by atoms with E-state index in [0.29, 0.717) is 6.04 Å². The van der Waals surface area contributed by atoms with Crippen molar-refractivity contribution in [3.05, 3.63) is 28.8 Å². The molecule has 1 N–H and O–H groups in total. The highest BCUT2D eigenvalue weighted by atomic mass is 32.1. The monoisotopic (exact) mass is 317 g/mol. The molecule has 0 bridgehead atoms. The second-order valence-electron chi connectivity index (χ2n) is 6.44. The fraction of sp³-hybridized carbons (Fsp3) is 0.611. The first-order valence-corrected chi connectivity index (χ1v) is 9.36. The molecule has 1 aliphatic rings. The maximum absolute atomic E-state index is 4.87. The molecule has 0 saturated carbocycles. The number of piperidine rings is 1. The van der Waals surface area contributed by atoms with Crippen LogP contribution in [-0.2, 0) is 6.54 Å². The van der Waals surface area contributed by atoms with Crippen LogP contribution < -0.4 is 5.32 Å². The Morgan fingerprint density at radius 3 is 2.77 bits per heavy atom. The van der Waals surface area contributed by atoms with Crippen LogP contribution in [-0.4, -0.2) is 29.5 Å². The van der Waals surface area contributed by atoms with E-state index >= 15 is 0 Å². The normalized spacial score (nSPS) is 22.5. The lowest BCUT2D eigenvalue weighted by molar-refractivity contribution is 0.295. The second-order valence-corrected chi connectivity index (χ2v) is 7.55. The van der Waals surface area contributed by atoms with Crippen LogP contribution in [0.2, 0.25) is 0 Å². The molecule has 120 valence electrons. The van der Waals surface area contributed by atoms with E-state index in [1.807, 2.05) is 11.3 Å². The lowest BCUT2D eigenvalue weighted by Crippen LogP contribution is -2.31. The zero-order chi connectivity index (χ0) is 15.5. The number of hydrogen-bond acceptors (Lipinski definition) is 4. The van der Waals surface area contributed by atoms with Crippen LogP contribution >= 0.6 is 11.3 Å². The first kappa shape index (κ1) is 15.9. The van der Waals surface area contributed by atoms with Gasteiger partial charge in [-0.2, -0.15) is 0 Å². The lowest BCUT2D eigenvalue weighted by atomic mass is 9.92. The maximum Gasteiger partial charge on any atom is 0.108 e. The Morgan fingerprint density at radius 2 is 2.09 bits per heavy atom. The molecule has 2 heterocycles. The largest absolute Gasteiger partial charge is 0.310 e. The van der Waals surface area contributed by atoms with E-state index in [4.69, 9.17) is 4.98 Å². The van der Waals surface area contributed by atoms with Gasteiger partial charge in [0.2, 0.25) is 0 Å². The van der Waals surface area contributed by atoms with Gasteiger partial charge in [-0.25, -0.2) is 4.98 Å². The van der Waals surface area contributed by atoms with Crippen molar-refractivity contribution in [2.45, 2.75) is 46.2 Å². The molecule has 0 radical (unpaired) electrons. The predicted molar refractivity (Wildman–Crippen MR) is 95.4 cm³/mol. The Morgan fingerprint density at radius 1 is 1.27 bits per heavy atom. The predicted octanol–water partition coefficient (Wildman–Crippen LogP) is 4.20. The molecule has 1 aromatic heterocycles. The van der Waals surface area contributed by atoms with Crippen molar-refractivity contribution < 1.29 is 0 Å². The molecule has 0 spiro atoms. The van der Waals surface area contributed by atoms with Gasteiger partial charge in [-0.3, -0.25) is 4.90 Å². The number of nitrogens with zero attached hydrogens (tertiary/aromatic N) is 2. The number of rotatable bonds is 5. The van der Waals surface area contributed by atoms with Crippen molar-refractivity contribution in [1.82, 2.24) is 15.2 Å². The van der Waals surface area contributed by atoms with Gasteiger partial charge in [0.15, 0.2) is 0 Å². The summed E-state index contributed by atoms with van der Waals surface area (Å²) in [5.41, 5.74) is 2.57. The highest BCUT2D eigenvalue weighted by Crippen LogP contribution is 2.30. The zero-order valence-electron chi connectivity index (χ0n) is 13.9. The van der Waals surface area contributed by atoms with Gasteiger partial charge in [-0.05, 0) is 56.1 Å². The number of nitrogens with one attached hydrogen (secondary N) is 1. The van der Waals surface area contributed by atoms with Crippen molar-refractivity contribution in [3.63, 3.8) is 0 Å². The van der Waals surface area contributed by atoms with Crippen molar-refractivity contribution in [1.29, 1.82) is 0 Å². The van der Waals surface area contributed by atoms with Crippen LogP contribution in [0, 0.1) is 5.92 Å². The van der Waals surface area contributed by atoms with Crippen molar-refractivity contribution in [3.8, 4) is 0 Å². The van der Waals surface area contributed by atoms with Crippen LogP contribution in [0.15, 0.2) is 18.2 Å². The Balaban J connectivity index is 1.78. The minimum absolute atomic E-state index is 0.508. The third-order valence-electron chi connectivity index (χ3n) is 4.77. The van der Waals surface area contributed by atoms with E-state index in [0.717, 1.165) is 32.1 Å². The maximum atomic E-state index is 4.87. The van der Waals surface area contributed by atoms with Crippen LogP contribution in [0.4, 0.5) is 0 Å². The van der Waals surface area contributed by atoms with E-state index in [1.165, 1.54) is 33.6 Å². The van der Waals surface area contributed by atoms with Gasteiger partial charge in [0.05, 0.1) is 16.8 Å². The third kappa shape index (κ3) is 3.50. The van der Waals surface area contributed by atoms with Gasteiger partial charge in [0, 0.05) is 6.04 Å². The molecule has 0 aliphatic carbocycles. The molecular formula is C18H27N3S. The van der Waals surface area contributed by atoms with Gasteiger partial charge >= 0.3 is 0 Å². The molecule has 3 rings (SSSR count). The number of aromatic nitrogens is 1. The summed E-state index contributed by atoms with van der Waals surface area (Å²) in [5, 5.41) is 4.91. The molecule has 0 unspecified atom stereocenters.